The standard InChI is InChI=1S/C13H22N2O2/c1-9(12-8-16-13(2,3)17-12)11-6-5-10(7-14)15(11)4/h9-12H,5-6,8H2,1-4H3. The van der Waals surface area contributed by atoms with E-state index in [1.807, 2.05) is 20.9 Å². The average molecular weight is 238 g/mol. The molecular weight excluding hydrogens is 216 g/mol. The predicted molar refractivity (Wildman–Crippen MR) is 64.3 cm³/mol. The van der Waals surface area contributed by atoms with Gasteiger partial charge in [-0.15, -0.1) is 0 Å². The van der Waals surface area contributed by atoms with Crippen molar-refractivity contribution in [2.75, 3.05) is 13.7 Å². The molecule has 0 aromatic rings. The van der Waals surface area contributed by atoms with Crippen LogP contribution in [0, 0.1) is 17.2 Å². The van der Waals surface area contributed by atoms with Crippen molar-refractivity contribution in [2.24, 2.45) is 5.92 Å². The number of hydrogen-bond donors (Lipinski definition) is 0. The molecule has 4 nitrogen and oxygen atoms in total. The van der Waals surface area contributed by atoms with E-state index < -0.39 is 5.79 Å². The molecule has 0 bridgehead atoms. The summed E-state index contributed by atoms with van der Waals surface area (Å²) in [5.74, 6) is -0.0507. The topological polar surface area (TPSA) is 45.5 Å². The third kappa shape index (κ3) is 2.47. The maximum atomic E-state index is 9.04. The van der Waals surface area contributed by atoms with Gasteiger partial charge in [0.25, 0.3) is 0 Å². The summed E-state index contributed by atoms with van der Waals surface area (Å²) in [6.07, 6.45) is 2.20. The fourth-order valence-electron chi connectivity index (χ4n) is 2.98. The van der Waals surface area contributed by atoms with E-state index in [4.69, 9.17) is 14.7 Å². The van der Waals surface area contributed by atoms with E-state index in [-0.39, 0.29) is 12.1 Å². The maximum absolute atomic E-state index is 9.04. The maximum Gasteiger partial charge on any atom is 0.163 e. The van der Waals surface area contributed by atoms with Crippen molar-refractivity contribution in [3.63, 3.8) is 0 Å². The predicted octanol–water partition coefficient (Wildman–Crippen LogP) is 1.76. The molecule has 2 saturated heterocycles. The van der Waals surface area contributed by atoms with Gasteiger partial charge in [0.1, 0.15) is 0 Å². The van der Waals surface area contributed by atoms with Gasteiger partial charge in [-0.1, -0.05) is 6.92 Å². The van der Waals surface area contributed by atoms with Crippen LogP contribution in [0.1, 0.15) is 33.6 Å². The lowest BCUT2D eigenvalue weighted by molar-refractivity contribution is -0.146. The van der Waals surface area contributed by atoms with Crippen molar-refractivity contribution in [3.05, 3.63) is 0 Å². The highest BCUT2D eigenvalue weighted by molar-refractivity contribution is 5.01. The number of likely N-dealkylation sites (tertiary alicyclic amines) is 1. The first-order valence-electron chi connectivity index (χ1n) is 6.38. The zero-order chi connectivity index (χ0) is 12.6. The molecule has 0 aromatic heterocycles. The molecule has 0 saturated carbocycles. The monoisotopic (exact) mass is 238 g/mol. The molecule has 2 heterocycles. The van der Waals surface area contributed by atoms with E-state index in [1.54, 1.807) is 0 Å². The van der Waals surface area contributed by atoms with Gasteiger partial charge < -0.3 is 9.47 Å². The van der Waals surface area contributed by atoms with Gasteiger partial charge in [0.15, 0.2) is 5.79 Å². The number of ether oxygens (including phenoxy) is 2. The first-order valence-corrected chi connectivity index (χ1v) is 6.38. The lowest BCUT2D eigenvalue weighted by Gasteiger charge is -2.31. The second-order valence-corrected chi connectivity index (χ2v) is 5.68. The second-order valence-electron chi connectivity index (χ2n) is 5.68. The Morgan fingerprint density at radius 2 is 2.12 bits per heavy atom. The number of nitriles is 1. The number of hydrogen-bond acceptors (Lipinski definition) is 4. The van der Waals surface area contributed by atoms with E-state index in [0.29, 0.717) is 18.6 Å². The van der Waals surface area contributed by atoms with Gasteiger partial charge in [0.05, 0.1) is 24.8 Å². The molecule has 2 aliphatic rings. The van der Waals surface area contributed by atoms with Gasteiger partial charge in [-0.3, -0.25) is 4.90 Å². The molecule has 2 rings (SSSR count). The van der Waals surface area contributed by atoms with Crippen LogP contribution in [0.15, 0.2) is 0 Å². The Morgan fingerprint density at radius 1 is 1.41 bits per heavy atom. The number of nitrogens with zero attached hydrogens (tertiary/aromatic N) is 2. The van der Waals surface area contributed by atoms with Crippen LogP contribution in [0.2, 0.25) is 0 Å². The van der Waals surface area contributed by atoms with E-state index in [2.05, 4.69) is 17.9 Å². The summed E-state index contributed by atoms with van der Waals surface area (Å²) in [5, 5.41) is 9.04. The van der Waals surface area contributed by atoms with Crippen molar-refractivity contribution in [3.8, 4) is 6.07 Å². The third-order valence-electron chi connectivity index (χ3n) is 4.12. The summed E-state index contributed by atoms with van der Waals surface area (Å²) >= 11 is 0. The minimum Gasteiger partial charge on any atom is -0.348 e. The molecule has 2 aliphatic heterocycles. The van der Waals surface area contributed by atoms with Crippen molar-refractivity contribution in [1.82, 2.24) is 4.90 Å². The van der Waals surface area contributed by atoms with Crippen molar-refractivity contribution in [2.45, 2.75) is 57.6 Å². The highest BCUT2D eigenvalue weighted by atomic mass is 16.7. The van der Waals surface area contributed by atoms with Crippen LogP contribution in [-0.2, 0) is 9.47 Å². The Kier molecular flexibility index (Phi) is 3.44. The Balaban J connectivity index is 1.98. The van der Waals surface area contributed by atoms with E-state index >= 15 is 0 Å². The number of rotatable bonds is 2. The quantitative estimate of drug-likeness (QED) is 0.735. The minimum atomic E-state index is -0.454. The fraction of sp³-hybridized carbons (Fsp3) is 0.923. The molecule has 2 fully saturated rings. The molecule has 0 aliphatic carbocycles. The molecule has 4 heteroatoms. The molecule has 4 unspecified atom stereocenters. The summed E-state index contributed by atoms with van der Waals surface area (Å²) in [6, 6.07) is 2.86. The van der Waals surface area contributed by atoms with Gasteiger partial charge in [0, 0.05) is 12.0 Å². The fourth-order valence-corrected chi connectivity index (χ4v) is 2.98. The summed E-state index contributed by atoms with van der Waals surface area (Å²) in [6.45, 7) is 6.78. The van der Waals surface area contributed by atoms with Crippen LogP contribution in [0.25, 0.3) is 0 Å². The summed E-state index contributed by atoms with van der Waals surface area (Å²) in [4.78, 5) is 2.19. The summed E-state index contributed by atoms with van der Waals surface area (Å²) in [7, 11) is 2.04. The summed E-state index contributed by atoms with van der Waals surface area (Å²) in [5.41, 5.74) is 0. The average Bonchev–Trinajstić information content (AvgIpc) is 2.80. The Morgan fingerprint density at radius 3 is 2.59 bits per heavy atom. The van der Waals surface area contributed by atoms with E-state index in [9.17, 15) is 0 Å². The third-order valence-corrected chi connectivity index (χ3v) is 4.12. The Bertz CT molecular complexity index is 324. The molecule has 96 valence electrons. The molecule has 0 amide bonds. The minimum absolute atomic E-state index is 0.0674. The zero-order valence-corrected chi connectivity index (χ0v) is 11.1. The van der Waals surface area contributed by atoms with E-state index in [0.717, 1.165) is 12.8 Å². The second kappa shape index (κ2) is 4.56. The highest BCUT2D eigenvalue weighted by Crippen LogP contribution is 2.34. The normalized spacial score (nSPS) is 39.1. The Labute approximate surface area is 103 Å². The molecule has 17 heavy (non-hydrogen) atoms. The van der Waals surface area contributed by atoms with Crippen LogP contribution >= 0.6 is 0 Å². The van der Waals surface area contributed by atoms with Gasteiger partial charge >= 0.3 is 0 Å². The molecule has 0 radical (unpaired) electrons. The van der Waals surface area contributed by atoms with Gasteiger partial charge in [-0.2, -0.15) is 5.26 Å². The van der Waals surface area contributed by atoms with Crippen LogP contribution in [-0.4, -0.2) is 42.5 Å². The van der Waals surface area contributed by atoms with E-state index in [1.165, 1.54) is 0 Å². The van der Waals surface area contributed by atoms with Crippen molar-refractivity contribution < 1.29 is 9.47 Å². The molecular formula is C13H22N2O2. The van der Waals surface area contributed by atoms with Crippen LogP contribution in [0.5, 0.6) is 0 Å². The van der Waals surface area contributed by atoms with Gasteiger partial charge in [-0.05, 0) is 33.7 Å². The van der Waals surface area contributed by atoms with Crippen molar-refractivity contribution in [1.29, 1.82) is 5.26 Å². The molecule has 0 spiro atoms. The lowest BCUT2D eigenvalue weighted by atomic mass is 9.94. The van der Waals surface area contributed by atoms with Crippen LogP contribution < -0.4 is 0 Å². The SMILES string of the molecule is CC(C1COC(C)(C)O1)C1CCC(C#N)N1C. The molecule has 4 atom stereocenters. The molecule has 0 N–H and O–H groups in total. The first-order chi connectivity index (χ1) is 7.94. The van der Waals surface area contributed by atoms with Gasteiger partial charge in [0.2, 0.25) is 0 Å². The Hall–Kier alpha value is -0.630. The van der Waals surface area contributed by atoms with Crippen molar-refractivity contribution >= 4 is 0 Å². The zero-order valence-electron chi connectivity index (χ0n) is 11.1. The molecule has 0 aromatic carbocycles. The lowest BCUT2D eigenvalue weighted by Crippen LogP contribution is -2.41. The van der Waals surface area contributed by atoms with Crippen LogP contribution in [0.3, 0.4) is 0 Å². The first kappa shape index (κ1) is 12.8. The largest absolute Gasteiger partial charge is 0.348 e. The van der Waals surface area contributed by atoms with Crippen LogP contribution in [0.4, 0.5) is 0 Å². The summed E-state index contributed by atoms with van der Waals surface area (Å²) < 4.78 is 11.5. The van der Waals surface area contributed by atoms with Gasteiger partial charge in [-0.25, -0.2) is 0 Å². The smallest absolute Gasteiger partial charge is 0.163 e. The highest BCUT2D eigenvalue weighted by Gasteiger charge is 2.42.